The van der Waals surface area contributed by atoms with Crippen molar-refractivity contribution in [2.45, 2.75) is 13.3 Å². The van der Waals surface area contributed by atoms with Crippen molar-refractivity contribution >= 4 is 5.95 Å². The molecule has 1 aliphatic rings. The molecule has 1 saturated heterocycles. The van der Waals surface area contributed by atoms with Gasteiger partial charge in [0.1, 0.15) is 0 Å². The zero-order valence-corrected chi connectivity index (χ0v) is 10.1. The van der Waals surface area contributed by atoms with Crippen LogP contribution in [0.5, 0.6) is 0 Å². The van der Waals surface area contributed by atoms with E-state index in [0.717, 1.165) is 44.1 Å². The van der Waals surface area contributed by atoms with Crippen molar-refractivity contribution in [2.75, 3.05) is 37.6 Å². The van der Waals surface area contributed by atoms with Gasteiger partial charge in [-0.2, -0.15) is 5.26 Å². The van der Waals surface area contributed by atoms with Crippen LogP contribution in [0, 0.1) is 11.3 Å². The number of hydrogen-bond donors (Lipinski definition) is 0. The lowest BCUT2D eigenvalue weighted by Crippen LogP contribution is -2.47. The van der Waals surface area contributed by atoms with Gasteiger partial charge >= 0.3 is 0 Å². The van der Waals surface area contributed by atoms with Gasteiger partial charge in [-0.1, -0.05) is 6.92 Å². The van der Waals surface area contributed by atoms with Crippen LogP contribution in [0.4, 0.5) is 5.95 Å². The van der Waals surface area contributed by atoms with Crippen molar-refractivity contribution in [1.82, 2.24) is 14.9 Å². The SMILES string of the molecule is CCc1cnc(N2CCN(CC#N)CC2)nc1. The lowest BCUT2D eigenvalue weighted by atomic mass is 10.3. The standard InChI is InChI=1S/C12H17N5/c1-2-11-9-14-12(15-10-11)17-7-5-16(4-3-13)6-8-17/h9-10H,2,4-8H2,1H3. The molecule has 1 aromatic heterocycles. The maximum atomic E-state index is 8.63. The van der Waals surface area contributed by atoms with Crippen LogP contribution in [0.3, 0.4) is 0 Å². The maximum Gasteiger partial charge on any atom is 0.225 e. The fourth-order valence-electron chi connectivity index (χ4n) is 1.90. The molecule has 90 valence electrons. The van der Waals surface area contributed by atoms with Gasteiger partial charge in [-0.3, -0.25) is 4.90 Å². The van der Waals surface area contributed by atoms with Crippen LogP contribution in [0.25, 0.3) is 0 Å². The highest BCUT2D eigenvalue weighted by Crippen LogP contribution is 2.10. The molecule has 1 aliphatic heterocycles. The van der Waals surface area contributed by atoms with E-state index in [9.17, 15) is 0 Å². The Morgan fingerprint density at radius 2 is 1.88 bits per heavy atom. The summed E-state index contributed by atoms with van der Waals surface area (Å²) in [6.07, 6.45) is 4.75. The molecule has 0 N–H and O–H groups in total. The highest BCUT2D eigenvalue weighted by atomic mass is 15.3. The van der Waals surface area contributed by atoms with Crippen LogP contribution in [0.1, 0.15) is 12.5 Å². The monoisotopic (exact) mass is 231 g/mol. The quantitative estimate of drug-likeness (QED) is 0.716. The second-order valence-corrected chi connectivity index (χ2v) is 4.17. The summed E-state index contributed by atoms with van der Waals surface area (Å²) in [6.45, 7) is 6.22. The maximum absolute atomic E-state index is 8.63. The molecule has 0 aromatic carbocycles. The fraction of sp³-hybridized carbons (Fsp3) is 0.583. The minimum absolute atomic E-state index is 0.517. The number of piperazine rings is 1. The van der Waals surface area contributed by atoms with E-state index in [1.54, 1.807) is 0 Å². The van der Waals surface area contributed by atoms with Crippen LogP contribution in [0.15, 0.2) is 12.4 Å². The molecule has 0 amide bonds. The van der Waals surface area contributed by atoms with Crippen LogP contribution in [-0.2, 0) is 6.42 Å². The van der Waals surface area contributed by atoms with Gasteiger partial charge in [-0.05, 0) is 12.0 Å². The summed E-state index contributed by atoms with van der Waals surface area (Å²) in [4.78, 5) is 13.1. The average Bonchev–Trinajstić information content (AvgIpc) is 2.40. The molecule has 5 nitrogen and oxygen atoms in total. The number of aryl methyl sites for hydroxylation is 1. The van der Waals surface area contributed by atoms with Crippen molar-refractivity contribution in [1.29, 1.82) is 5.26 Å². The van der Waals surface area contributed by atoms with Crippen LogP contribution in [-0.4, -0.2) is 47.6 Å². The third kappa shape index (κ3) is 2.92. The molecule has 1 aromatic rings. The lowest BCUT2D eigenvalue weighted by Gasteiger charge is -2.33. The first kappa shape index (κ1) is 11.8. The molecule has 0 aliphatic carbocycles. The van der Waals surface area contributed by atoms with Crippen molar-refractivity contribution < 1.29 is 0 Å². The summed E-state index contributed by atoms with van der Waals surface area (Å²) >= 11 is 0. The van der Waals surface area contributed by atoms with Gasteiger partial charge in [0.25, 0.3) is 0 Å². The summed E-state index contributed by atoms with van der Waals surface area (Å²) in [5.74, 6) is 0.804. The zero-order valence-electron chi connectivity index (χ0n) is 10.1. The normalized spacial score (nSPS) is 16.8. The molecule has 2 rings (SSSR count). The van der Waals surface area contributed by atoms with Gasteiger partial charge in [0, 0.05) is 38.6 Å². The van der Waals surface area contributed by atoms with Gasteiger partial charge < -0.3 is 4.90 Å². The first-order valence-corrected chi connectivity index (χ1v) is 5.98. The second kappa shape index (κ2) is 5.60. The molecular formula is C12H17N5. The van der Waals surface area contributed by atoms with Crippen LogP contribution in [0.2, 0.25) is 0 Å². The summed E-state index contributed by atoms with van der Waals surface area (Å²) < 4.78 is 0. The van der Waals surface area contributed by atoms with Gasteiger partial charge in [-0.15, -0.1) is 0 Å². The summed E-state index contributed by atoms with van der Waals surface area (Å²) in [5, 5.41) is 8.63. The van der Waals surface area contributed by atoms with Gasteiger partial charge in [0.05, 0.1) is 12.6 Å². The topological polar surface area (TPSA) is 56.1 Å². The number of aromatic nitrogens is 2. The Kier molecular flexibility index (Phi) is 3.89. The molecule has 1 fully saturated rings. The number of nitriles is 1. The highest BCUT2D eigenvalue weighted by Gasteiger charge is 2.18. The second-order valence-electron chi connectivity index (χ2n) is 4.17. The van der Waals surface area contributed by atoms with Crippen molar-refractivity contribution in [3.8, 4) is 6.07 Å². The molecule has 0 radical (unpaired) electrons. The Hall–Kier alpha value is -1.67. The molecule has 0 bridgehead atoms. The predicted molar refractivity (Wildman–Crippen MR) is 65.7 cm³/mol. The highest BCUT2D eigenvalue weighted by molar-refractivity contribution is 5.30. The number of nitrogens with zero attached hydrogens (tertiary/aromatic N) is 5. The van der Waals surface area contributed by atoms with Crippen molar-refractivity contribution in [3.63, 3.8) is 0 Å². The predicted octanol–water partition coefficient (Wildman–Crippen LogP) is 0.685. The van der Waals surface area contributed by atoms with Crippen LogP contribution >= 0.6 is 0 Å². The largest absolute Gasteiger partial charge is 0.338 e. The first-order chi connectivity index (χ1) is 8.33. The summed E-state index contributed by atoms with van der Waals surface area (Å²) in [7, 11) is 0. The Morgan fingerprint density at radius 3 is 2.41 bits per heavy atom. The summed E-state index contributed by atoms with van der Waals surface area (Å²) in [5.41, 5.74) is 1.16. The van der Waals surface area contributed by atoms with Crippen molar-refractivity contribution in [2.24, 2.45) is 0 Å². The number of anilines is 1. The molecule has 0 atom stereocenters. The molecule has 5 heteroatoms. The first-order valence-electron chi connectivity index (χ1n) is 5.98. The Bertz CT molecular complexity index is 386. The Labute approximate surface area is 102 Å². The van der Waals surface area contributed by atoms with Gasteiger partial charge in [-0.25, -0.2) is 9.97 Å². The van der Waals surface area contributed by atoms with E-state index in [2.05, 4.69) is 32.8 Å². The third-order valence-electron chi connectivity index (χ3n) is 3.05. The number of hydrogen-bond acceptors (Lipinski definition) is 5. The molecule has 17 heavy (non-hydrogen) atoms. The van der Waals surface area contributed by atoms with E-state index < -0.39 is 0 Å². The number of rotatable bonds is 3. The van der Waals surface area contributed by atoms with Gasteiger partial charge in [0.2, 0.25) is 5.95 Å². The van der Waals surface area contributed by atoms with E-state index in [1.807, 2.05) is 12.4 Å². The summed E-state index contributed by atoms with van der Waals surface area (Å²) in [6, 6.07) is 2.18. The van der Waals surface area contributed by atoms with Gasteiger partial charge in [0.15, 0.2) is 0 Å². The molecular weight excluding hydrogens is 214 g/mol. The van der Waals surface area contributed by atoms with E-state index >= 15 is 0 Å². The molecule has 0 unspecified atom stereocenters. The molecule has 0 saturated carbocycles. The third-order valence-corrected chi connectivity index (χ3v) is 3.05. The fourth-order valence-corrected chi connectivity index (χ4v) is 1.90. The molecule has 2 heterocycles. The average molecular weight is 231 g/mol. The molecule has 0 spiro atoms. The van der Waals surface area contributed by atoms with E-state index in [0.29, 0.717) is 6.54 Å². The van der Waals surface area contributed by atoms with Crippen LogP contribution < -0.4 is 4.90 Å². The van der Waals surface area contributed by atoms with E-state index in [1.165, 1.54) is 0 Å². The minimum Gasteiger partial charge on any atom is -0.338 e. The van der Waals surface area contributed by atoms with E-state index in [-0.39, 0.29) is 0 Å². The Balaban J connectivity index is 1.93. The minimum atomic E-state index is 0.517. The lowest BCUT2D eigenvalue weighted by molar-refractivity contribution is 0.285. The van der Waals surface area contributed by atoms with Crippen molar-refractivity contribution in [3.05, 3.63) is 18.0 Å². The zero-order chi connectivity index (χ0) is 12.1. The smallest absolute Gasteiger partial charge is 0.225 e. The Morgan fingerprint density at radius 1 is 1.24 bits per heavy atom. The van der Waals surface area contributed by atoms with E-state index in [4.69, 9.17) is 5.26 Å².